The smallest absolute Gasteiger partial charge is 0.227 e. The van der Waals surface area contributed by atoms with E-state index in [-0.39, 0.29) is 34.8 Å². The highest BCUT2D eigenvalue weighted by atomic mass is 16.5. The van der Waals surface area contributed by atoms with Gasteiger partial charge < -0.3 is 15.0 Å². The largest absolute Gasteiger partial charge is 0.373 e. The predicted octanol–water partition coefficient (Wildman–Crippen LogP) is 3.83. The fourth-order valence-electron chi connectivity index (χ4n) is 7.09. The lowest BCUT2D eigenvalue weighted by Gasteiger charge is -2.53. The van der Waals surface area contributed by atoms with Gasteiger partial charge in [0.05, 0.1) is 6.10 Å². The summed E-state index contributed by atoms with van der Waals surface area (Å²) in [6.07, 6.45) is 5.05. The first kappa shape index (κ1) is 19.1. The van der Waals surface area contributed by atoms with Crippen LogP contribution in [-0.4, -0.2) is 31.0 Å². The minimum Gasteiger partial charge on any atom is -0.373 e. The van der Waals surface area contributed by atoms with Crippen molar-refractivity contribution in [2.24, 2.45) is 22.7 Å². The monoisotopic (exact) mass is 396 g/mol. The van der Waals surface area contributed by atoms with Crippen LogP contribution in [0.4, 0.5) is 5.69 Å². The van der Waals surface area contributed by atoms with Gasteiger partial charge in [-0.25, -0.2) is 0 Å². The van der Waals surface area contributed by atoms with E-state index >= 15 is 0 Å². The van der Waals surface area contributed by atoms with Gasteiger partial charge in [-0.15, -0.1) is 0 Å². The quantitative estimate of drug-likeness (QED) is 0.845. The molecule has 2 saturated carbocycles. The molecule has 2 heterocycles. The lowest BCUT2D eigenvalue weighted by Crippen LogP contribution is -2.58. The number of nitrogens with zero attached hydrogens (tertiary/aromatic N) is 1. The number of fused-ring (bicyclic) bond motifs is 1. The Bertz CT molecular complexity index is 833. The van der Waals surface area contributed by atoms with Crippen LogP contribution in [0.25, 0.3) is 0 Å². The summed E-state index contributed by atoms with van der Waals surface area (Å²) in [5.41, 5.74) is 2.46. The molecule has 2 saturated heterocycles. The molecule has 1 spiro atoms. The molecule has 5 rings (SSSR count). The van der Waals surface area contributed by atoms with E-state index in [0.29, 0.717) is 18.3 Å². The van der Waals surface area contributed by atoms with Crippen LogP contribution in [-0.2, 0) is 14.3 Å². The summed E-state index contributed by atoms with van der Waals surface area (Å²) in [5, 5.41) is 3.34. The maximum absolute atomic E-state index is 12.0. The summed E-state index contributed by atoms with van der Waals surface area (Å²) in [6, 6.07) is 8.66. The number of hydrogen-bond acceptors (Lipinski definition) is 3. The second kappa shape index (κ2) is 6.56. The number of hydrogen-bond donors (Lipinski definition) is 1. The molecule has 5 heteroatoms. The van der Waals surface area contributed by atoms with Crippen molar-refractivity contribution in [1.82, 2.24) is 5.32 Å². The molecule has 2 aliphatic heterocycles. The summed E-state index contributed by atoms with van der Waals surface area (Å²) in [6.45, 7) is 7.86. The molecule has 2 bridgehead atoms. The zero-order valence-electron chi connectivity index (χ0n) is 17.7. The minimum atomic E-state index is 0.0736. The molecule has 4 fully saturated rings. The Hall–Kier alpha value is -1.88. The topological polar surface area (TPSA) is 58.6 Å². The summed E-state index contributed by atoms with van der Waals surface area (Å²) < 4.78 is 6.34. The first-order valence-corrected chi connectivity index (χ1v) is 11.1. The lowest BCUT2D eigenvalue weighted by molar-refractivity contribution is -0.136. The molecule has 4 aliphatic rings. The molecule has 5 atom stereocenters. The van der Waals surface area contributed by atoms with Gasteiger partial charge in [-0.3, -0.25) is 9.59 Å². The third-order valence-corrected chi connectivity index (χ3v) is 8.46. The molecule has 29 heavy (non-hydrogen) atoms. The highest BCUT2D eigenvalue weighted by molar-refractivity contribution is 5.95. The molecular weight excluding hydrogens is 364 g/mol. The first-order valence-electron chi connectivity index (χ1n) is 11.1. The van der Waals surface area contributed by atoms with Crippen molar-refractivity contribution in [3.8, 4) is 0 Å². The molecule has 1 unspecified atom stereocenters. The second-order valence-corrected chi connectivity index (χ2v) is 10.2. The van der Waals surface area contributed by atoms with Gasteiger partial charge >= 0.3 is 0 Å². The minimum absolute atomic E-state index is 0.0736. The zero-order chi connectivity index (χ0) is 20.4. The third-order valence-electron chi connectivity index (χ3n) is 8.46. The van der Waals surface area contributed by atoms with Gasteiger partial charge in [0, 0.05) is 38.2 Å². The number of nitrogens with one attached hydrogen (secondary N) is 1. The van der Waals surface area contributed by atoms with E-state index in [0.717, 1.165) is 31.7 Å². The van der Waals surface area contributed by atoms with Crippen molar-refractivity contribution in [2.45, 2.75) is 65.0 Å². The number of benzene rings is 1. The molecule has 156 valence electrons. The van der Waals surface area contributed by atoms with E-state index < -0.39 is 0 Å². The number of ether oxygens (including phenoxy) is 1. The van der Waals surface area contributed by atoms with Gasteiger partial charge in [-0.1, -0.05) is 26.0 Å². The SMILES string of the molecule is CC(=O)N[C@H]1C(C)(C)[C@@H]2C[C@@H]3[C@@H](c4ccc(N5CCCC5=O)cc4)OCCC31C2. The van der Waals surface area contributed by atoms with Gasteiger partial charge in [0.2, 0.25) is 11.8 Å². The number of carbonyl (C=O) groups is 2. The normalized spacial score (nSPS) is 37.6. The maximum atomic E-state index is 12.0. The van der Waals surface area contributed by atoms with E-state index in [1.54, 1.807) is 6.92 Å². The van der Waals surface area contributed by atoms with Gasteiger partial charge in [-0.2, -0.15) is 0 Å². The van der Waals surface area contributed by atoms with Gasteiger partial charge in [0.15, 0.2) is 0 Å². The van der Waals surface area contributed by atoms with E-state index in [1.165, 1.54) is 18.4 Å². The lowest BCUT2D eigenvalue weighted by atomic mass is 9.59. The van der Waals surface area contributed by atoms with Crippen molar-refractivity contribution in [3.63, 3.8) is 0 Å². The molecule has 5 nitrogen and oxygen atoms in total. The van der Waals surface area contributed by atoms with E-state index in [9.17, 15) is 9.59 Å². The summed E-state index contributed by atoms with van der Waals surface area (Å²) in [4.78, 5) is 25.9. The average molecular weight is 397 g/mol. The van der Waals surface area contributed by atoms with E-state index in [2.05, 4.69) is 43.4 Å². The Morgan fingerprint density at radius 2 is 2.00 bits per heavy atom. The average Bonchev–Trinajstić information content (AvgIpc) is 3.34. The Balaban J connectivity index is 1.43. The van der Waals surface area contributed by atoms with Crippen molar-refractivity contribution >= 4 is 17.5 Å². The van der Waals surface area contributed by atoms with Crippen molar-refractivity contribution < 1.29 is 14.3 Å². The highest BCUT2D eigenvalue weighted by Crippen LogP contribution is 2.70. The maximum Gasteiger partial charge on any atom is 0.227 e. The Kier molecular flexibility index (Phi) is 4.32. The van der Waals surface area contributed by atoms with Crippen LogP contribution < -0.4 is 10.2 Å². The van der Waals surface area contributed by atoms with Crippen molar-refractivity contribution in [3.05, 3.63) is 29.8 Å². The van der Waals surface area contributed by atoms with Crippen molar-refractivity contribution in [2.75, 3.05) is 18.1 Å². The zero-order valence-corrected chi connectivity index (χ0v) is 17.7. The fourth-order valence-corrected chi connectivity index (χ4v) is 7.09. The molecule has 0 radical (unpaired) electrons. The second-order valence-electron chi connectivity index (χ2n) is 10.2. The summed E-state index contributed by atoms with van der Waals surface area (Å²) in [5.74, 6) is 1.35. The Labute approximate surface area is 173 Å². The fraction of sp³-hybridized carbons (Fsp3) is 0.667. The molecule has 2 aliphatic carbocycles. The number of carbonyl (C=O) groups excluding carboxylic acids is 2. The highest BCUT2D eigenvalue weighted by Gasteiger charge is 2.68. The third kappa shape index (κ3) is 2.77. The Morgan fingerprint density at radius 1 is 1.24 bits per heavy atom. The first-order chi connectivity index (χ1) is 13.8. The van der Waals surface area contributed by atoms with Gasteiger partial charge in [-0.05, 0) is 66.0 Å². The van der Waals surface area contributed by atoms with Crippen molar-refractivity contribution in [1.29, 1.82) is 0 Å². The van der Waals surface area contributed by atoms with Crippen LogP contribution in [0, 0.1) is 22.7 Å². The van der Waals surface area contributed by atoms with Crippen LogP contribution in [0.1, 0.15) is 64.5 Å². The molecule has 1 N–H and O–H groups in total. The number of anilines is 1. The van der Waals surface area contributed by atoms with Crippen LogP contribution in [0.2, 0.25) is 0 Å². The molecule has 0 aromatic heterocycles. The molecule has 1 aromatic carbocycles. The Morgan fingerprint density at radius 3 is 2.66 bits per heavy atom. The standard InChI is InChI=1S/C24H32N2O3/c1-15(27)25-22-23(2,3)17-13-19-21(29-12-10-24(19,22)14-17)16-6-8-18(9-7-16)26-11-4-5-20(26)28/h6-9,17,19,21-22H,4-5,10-14H2,1-3H3,(H,25,27)/t17-,19-,21-,22+,24?/m1/s1. The summed E-state index contributed by atoms with van der Waals surface area (Å²) >= 11 is 0. The van der Waals surface area contributed by atoms with Gasteiger partial charge in [0.1, 0.15) is 0 Å². The summed E-state index contributed by atoms with van der Waals surface area (Å²) in [7, 11) is 0. The predicted molar refractivity (Wildman–Crippen MR) is 111 cm³/mol. The van der Waals surface area contributed by atoms with Crippen LogP contribution in [0.3, 0.4) is 0 Å². The van der Waals surface area contributed by atoms with Crippen LogP contribution >= 0.6 is 0 Å². The van der Waals surface area contributed by atoms with Crippen LogP contribution in [0.15, 0.2) is 24.3 Å². The van der Waals surface area contributed by atoms with E-state index in [4.69, 9.17) is 4.74 Å². The van der Waals surface area contributed by atoms with Gasteiger partial charge in [0.25, 0.3) is 0 Å². The van der Waals surface area contributed by atoms with E-state index in [1.807, 2.05) is 4.90 Å². The number of amides is 2. The molecular formula is C24H32N2O3. The molecule has 1 aromatic rings. The number of rotatable bonds is 3. The van der Waals surface area contributed by atoms with Crippen LogP contribution in [0.5, 0.6) is 0 Å². The molecule has 2 amide bonds.